The number of pyridine rings is 2. The van der Waals surface area contributed by atoms with Crippen molar-refractivity contribution in [2.75, 3.05) is 6.61 Å². The molecular weight excluding hydrogens is 556 g/mol. The molecule has 42 heavy (non-hydrogen) atoms. The maximum atomic E-state index is 14.2. The monoisotopic (exact) mass is 582 g/mol. The summed E-state index contributed by atoms with van der Waals surface area (Å²) >= 11 is 0. The third-order valence-corrected chi connectivity index (χ3v) is 7.52. The van der Waals surface area contributed by atoms with E-state index in [-0.39, 0.29) is 46.4 Å². The van der Waals surface area contributed by atoms with E-state index in [0.717, 1.165) is 31.0 Å². The van der Waals surface area contributed by atoms with Crippen molar-refractivity contribution < 1.29 is 36.9 Å². The zero-order valence-electron chi connectivity index (χ0n) is 22.3. The Morgan fingerprint density at radius 1 is 1.12 bits per heavy atom. The van der Waals surface area contributed by atoms with E-state index in [9.17, 15) is 27.5 Å². The highest BCUT2D eigenvalue weighted by molar-refractivity contribution is 5.99. The lowest BCUT2D eigenvalue weighted by atomic mass is 9.87. The smallest absolute Gasteiger partial charge is 0.414 e. The molecule has 218 valence electrons. The summed E-state index contributed by atoms with van der Waals surface area (Å²) < 4.78 is 67.5. The first kappa shape index (κ1) is 27.9. The lowest BCUT2D eigenvalue weighted by Gasteiger charge is -2.28. The van der Waals surface area contributed by atoms with Gasteiger partial charge in [0.25, 0.3) is 0 Å². The van der Waals surface area contributed by atoms with Gasteiger partial charge in [-0.05, 0) is 68.3 Å². The number of fused-ring (bicyclic) bond motifs is 2. The number of carbonyl (C=O) groups is 1. The molecule has 0 radical (unpaired) electrons. The Morgan fingerprint density at radius 3 is 2.48 bits per heavy atom. The summed E-state index contributed by atoms with van der Waals surface area (Å²) in [6.07, 6.45) is -3.30. The third-order valence-electron chi connectivity index (χ3n) is 7.52. The predicted molar refractivity (Wildman–Crippen MR) is 144 cm³/mol. The summed E-state index contributed by atoms with van der Waals surface area (Å²) in [5, 5.41) is 12.2. The Hall–Kier alpha value is -4.29. The van der Waals surface area contributed by atoms with Crippen LogP contribution in [0.3, 0.4) is 0 Å². The number of aromatic nitrogens is 2. The normalized spacial score (nSPS) is 19.7. The topological polar surface area (TPSA) is 134 Å². The molecule has 2 aliphatic rings. The number of hydrogen-bond acceptors (Lipinski definition) is 7. The average Bonchev–Trinajstić information content (AvgIpc) is 3.68. The second-order valence-corrected chi connectivity index (χ2v) is 11.0. The second-order valence-electron chi connectivity index (χ2n) is 11.0. The van der Waals surface area contributed by atoms with Crippen LogP contribution in [-0.4, -0.2) is 39.9 Å². The van der Waals surface area contributed by atoms with E-state index >= 15 is 0 Å². The van der Waals surface area contributed by atoms with Gasteiger partial charge in [0.05, 0.1) is 11.8 Å². The van der Waals surface area contributed by atoms with Crippen molar-refractivity contribution in [2.24, 2.45) is 11.5 Å². The van der Waals surface area contributed by atoms with Crippen LogP contribution in [0.15, 0.2) is 54.6 Å². The SMILES string of the molecule is C[C@](O)(Cc1ccc2cc(C(N)=O)cc(OC3CC3)c2n1)c1cc2c(c(-c3ccc(F)cc3)n1)OC[C@@]2(N)C(F)(F)F. The number of aliphatic hydroxyl groups is 1. The van der Waals surface area contributed by atoms with Crippen molar-refractivity contribution in [3.8, 4) is 22.8 Å². The first-order valence-electron chi connectivity index (χ1n) is 13.2. The molecule has 1 amide bonds. The van der Waals surface area contributed by atoms with Gasteiger partial charge in [0.1, 0.15) is 35.0 Å². The minimum atomic E-state index is -4.87. The summed E-state index contributed by atoms with van der Waals surface area (Å²) in [5.74, 6) is -0.979. The molecule has 12 heteroatoms. The molecule has 1 aliphatic carbocycles. The van der Waals surface area contributed by atoms with Crippen molar-refractivity contribution in [3.63, 3.8) is 0 Å². The number of benzene rings is 2. The van der Waals surface area contributed by atoms with Crippen LogP contribution in [0.2, 0.25) is 0 Å². The molecule has 0 spiro atoms. The average molecular weight is 583 g/mol. The van der Waals surface area contributed by atoms with E-state index in [1.54, 1.807) is 18.2 Å². The standard InChI is InChI=1S/C30H26F4N4O4/c1-28(40,13-19-7-4-16-10-17(27(35)39)11-22(24(16)37-19)42-20-8-9-20)23-12-21-26(41-14-29(21,36)30(32,33)34)25(38-23)15-2-5-18(31)6-3-15/h2-7,10-12,20,40H,8-9,13-14,36H2,1H3,(H2,35,39)/t28-,29-/m0/s1. The van der Waals surface area contributed by atoms with E-state index in [0.29, 0.717) is 22.3 Å². The minimum Gasteiger partial charge on any atom is -0.488 e. The van der Waals surface area contributed by atoms with Gasteiger partial charge in [0.15, 0.2) is 11.3 Å². The van der Waals surface area contributed by atoms with Crippen molar-refractivity contribution in [3.05, 3.63) is 82.9 Å². The number of rotatable bonds is 7. The van der Waals surface area contributed by atoms with Gasteiger partial charge in [-0.2, -0.15) is 13.2 Å². The summed E-state index contributed by atoms with van der Waals surface area (Å²) in [4.78, 5) is 21.0. The van der Waals surface area contributed by atoms with Crippen molar-refractivity contribution in [2.45, 2.75) is 49.6 Å². The molecule has 8 nitrogen and oxygen atoms in total. The van der Waals surface area contributed by atoms with Crippen LogP contribution in [0.25, 0.3) is 22.2 Å². The van der Waals surface area contributed by atoms with E-state index in [2.05, 4.69) is 9.97 Å². The molecule has 5 N–H and O–H groups in total. The third kappa shape index (κ3) is 4.90. The van der Waals surface area contributed by atoms with Gasteiger partial charge in [-0.25, -0.2) is 14.4 Å². The number of amides is 1. The molecule has 1 fully saturated rings. The van der Waals surface area contributed by atoms with E-state index in [1.165, 1.54) is 25.1 Å². The molecule has 2 aromatic carbocycles. The molecule has 4 aromatic rings. The number of nitrogens with zero attached hydrogens (tertiary/aromatic N) is 2. The molecule has 1 aliphatic heterocycles. The number of ether oxygens (including phenoxy) is 2. The quantitative estimate of drug-likeness (QED) is 0.271. The van der Waals surface area contributed by atoms with Gasteiger partial charge in [-0.15, -0.1) is 0 Å². The van der Waals surface area contributed by atoms with Gasteiger partial charge < -0.3 is 26.0 Å². The molecule has 1 saturated carbocycles. The van der Waals surface area contributed by atoms with Gasteiger partial charge in [0, 0.05) is 34.2 Å². The molecule has 2 atom stereocenters. The predicted octanol–water partition coefficient (Wildman–Crippen LogP) is 4.63. The summed E-state index contributed by atoms with van der Waals surface area (Å²) in [6.45, 7) is 0.526. The molecular formula is C30H26F4N4O4. The fraction of sp³-hybridized carbons (Fsp3) is 0.300. The summed E-state index contributed by atoms with van der Waals surface area (Å²) in [7, 11) is 0. The highest BCUT2D eigenvalue weighted by Crippen LogP contribution is 2.49. The Kier molecular flexibility index (Phi) is 6.39. The van der Waals surface area contributed by atoms with Gasteiger partial charge in [-0.3, -0.25) is 4.79 Å². The molecule has 0 saturated heterocycles. The summed E-state index contributed by atoms with van der Waals surface area (Å²) in [5.41, 5.74) is 7.54. The van der Waals surface area contributed by atoms with Crippen LogP contribution in [0.5, 0.6) is 11.5 Å². The first-order valence-corrected chi connectivity index (χ1v) is 13.2. The Labute approximate surface area is 237 Å². The maximum absolute atomic E-state index is 14.2. The van der Waals surface area contributed by atoms with Gasteiger partial charge in [-0.1, -0.05) is 6.07 Å². The van der Waals surface area contributed by atoms with Crippen LogP contribution in [0.1, 0.15) is 47.1 Å². The number of nitrogens with two attached hydrogens (primary N) is 2. The highest BCUT2D eigenvalue weighted by atomic mass is 19.4. The molecule has 3 heterocycles. The summed E-state index contributed by atoms with van der Waals surface area (Å²) in [6, 6.07) is 12.5. The van der Waals surface area contributed by atoms with Crippen LogP contribution in [0.4, 0.5) is 17.6 Å². The molecule has 0 bridgehead atoms. The van der Waals surface area contributed by atoms with E-state index < -0.39 is 35.6 Å². The number of hydrogen-bond donors (Lipinski definition) is 3. The lowest BCUT2D eigenvalue weighted by Crippen LogP contribution is -2.51. The van der Waals surface area contributed by atoms with Crippen LogP contribution < -0.4 is 20.9 Å². The number of primary amides is 1. The van der Waals surface area contributed by atoms with Crippen molar-refractivity contribution in [1.29, 1.82) is 0 Å². The molecule has 0 unspecified atom stereocenters. The number of carbonyl (C=O) groups excluding carboxylic acids is 1. The minimum absolute atomic E-state index is 0.00207. The molecule has 6 rings (SSSR count). The zero-order valence-corrected chi connectivity index (χ0v) is 22.3. The fourth-order valence-electron chi connectivity index (χ4n) is 4.97. The Morgan fingerprint density at radius 2 is 1.83 bits per heavy atom. The highest BCUT2D eigenvalue weighted by Gasteiger charge is 2.59. The van der Waals surface area contributed by atoms with Gasteiger partial charge in [0.2, 0.25) is 5.91 Å². The fourth-order valence-corrected chi connectivity index (χ4v) is 4.97. The van der Waals surface area contributed by atoms with E-state index in [1.807, 2.05) is 0 Å². The maximum Gasteiger partial charge on any atom is 0.414 e. The van der Waals surface area contributed by atoms with Crippen LogP contribution >= 0.6 is 0 Å². The van der Waals surface area contributed by atoms with Crippen molar-refractivity contribution >= 4 is 16.8 Å². The van der Waals surface area contributed by atoms with Crippen molar-refractivity contribution in [1.82, 2.24) is 9.97 Å². The lowest BCUT2D eigenvalue weighted by molar-refractivity contribution is -0.191. The Bertz CT molecular complexity index is 1720. The van der Waals surface area contributed by atoms with Crippen LogP contribution in [0, 0.1) is 5.82 Å². The largest absolute Gasteiger partial charge is 0.488 e. The Balaban J connectivity index is 1.44. The number of halogens is 4. The first-order chi connectivity index (χ1) is 19.7. The molecule has 2 aromatic heterocycles. The van der Waals surface area contributed by atoms with E-state index in [4.69, 9.17) is 20.9 Å². The second kappa shape index (κ2) is 9.63. The zero-order chi connectivity index (χ0) is 30.0. The van der Waals surface area contributed by atoms with Gasteiger partial charge >= 0.3 is 6.18 Å². The number of alkyl halides is 3. The van der Waals surface area contributed by atoms with Crippen LogP contribution in [-0.2, 0) is 17.6 Å².